The first-order chi connectivity index (χ1) is 9.60. The molecule has 0 atom stereocenters. The van der Waals surface area contributed by atoms with Gasteiger partial charge in [0.1, 0.15) is 6.54 Å². The van der Waals surface area contributed by atoms with Crippen molar-refractivity contribution in [3.8, 4) is 6.07 Å². The van der Waals surface area contributed by atoms with Gasteiger partial charge in [-0.2, -0.15) is 35.5 Å². The molecule has 0 bridgehead atoms. The van der Waals surface area contributed by atoms with E-state index in [1.165, 1.54) is 32.3 Å². The van der Waals surface area contributed by atoms with Crippen LogP contribution in [0.5, 0.6) is 0 Å². The van der Waals surface area contributed by atoms with E-state index in [1.54, 1.807) is 6.07 Å². The molecule has 0 aromatic heterocycles. The highest BCUT2D eigenvalue weighted by molar-refractivity contribution is 7.86. The Morgan fingerprint density at radius 2 is 1.81 bits per heavy atom. The zero-order valence-electron chi connectivity index (χ0n) is 11.4. The maximum absolute atomic E-state index is 12.9. The molecule has 5 nitrogen and oxygen atoms in total. The summed E-state index contributed by atoms with van der Waals surface area (Å²) >= 11 is 0. The summed E-state index contributed by atoms with van der Waals surface area (Å²) in [6, 6.07) is 6.33. The second kappa shape index (κ2) is 6.43. The summed E-state index contributed by atoms with van der Waals surface area (Å²) in [6.07, 6.45) is -4.59. The first-order valence-electron chi connectivity index (χ1n) is 5.80. The van der Waals surface area contributed by atoms with Gasteiger partial charge in [-0.15, -0.1) is 0 Å². The summed E-state index contributed by atoms with van der Waals surface area (Å²) in [5, 5.41) is 8.69. The monoisotopic (exact) mass is 321 g/mol. The third kappa shape index (κ3) is 4.17. The SMILES string of the molecule is CN(C)S(=O)(=O)N(CC#N)Cc1ccccc1C(F)(F)F. The lowest BCUT2D eigenvalue weighted by Crippen LogP contribution is -2.40. The Morgan fingerprint density at radius 1 is 1.24 bits per heavy atom. The first-order valence-corrected chi connectivity index (χ1v) is 7.20. The molecule has 0 N–H and O–H groups in total. The quantitative estimate of drug-likeness (QED) is 0.777. The summed E-state index contributed by atoms with van der Waals surface area (Å²) < 4.78 is 64.2. The molecule has 0 aliphatic rings. The van der Waals surface area contributed by atoms with Crippen LogP contribution in [0.3, 0.4) is 0 Å². The van der Waals surface area contributed by atoms with Gasteiger partial charge in [-0.1, -0.05) is 18.2 Å². The van der Waals surface area contributed by atoms with Crippen LogP contribution >= 0.6 is 0 Å². The van der Waals surface area contributed by atoms with Crippen molar-refractivity contribution >= 4 is 10.2 Å². The maximum Gasteiger partial charge on any atom is 0.416 e. The molecule has 116 valence electrons. The fraction of sp³-hybridized carbons (Fsp3) is 0.417. The number of hydrogen-bond acceptors (Lipinski definition) is 3. The van der Waals surface area contributed by atoms with Crippen molar-refractivity contribution in [1.29, 1.82) is 5.26 Å². The van der Waals surface area contributed by atoms with Crippen LogP contribution in [0.1, 0.15) is 11.1 Å². The standard InChI is InChI=1S/C12H14F3N3O2S/c1-17(2)21(19,20)18(8-7-16)9-10-5-3-4-6-11(10)12(13,14)15/h3-6H,8-9H2,1-2H3. The van der Waals surface area contributed by atoms with Crippen molar-refractivity contribution in [2.45, 2.75) is 12.7 Å². The van der Waals surface area contributed by atoms with Crippen molar-refractivity contribution in [3.05, 3.63) is 35.4 Å². The lowest BCUT2D eigenvalue weighted by atomic mass is 10.1. The largest absolute Gasteiger partial charge is 0.416 e. The fourth-order valence-electron chi connectivity index (χ4n) is 1.65. The average Bonchev–Trinajstić information content (AvgIpc) is 2.37. The summed E-state index contributed by atoms with van der Waals surface area (Å²) in [5.74, 6) is 0. The van der Waals surface area contributed by atoms with Crippen molar-refractivity contribution in [3.63, 3.8) is 0 Å². The van der Waals surface area contributed by atoms with E-state index in [2.05, 4.69) is 0 Å². The Kier molecular flexibility index (Phi) is 5.33. The van der Waals surface area contributed by atoms with Crippen LogP contribution in [0.25, 0.3) is 0 Å². The predicted molar refractivity (Wildman–Crippen MR) is 70.1 cm³/mol. The average molecular weight is 321 g/mol. The van der Waals surface area contributed by atoms with E-state index in [0.717, 1.165) is 10.4 Å². The molecule has 0 spiro atoms. The zero-order valence-corrected chi connectivity index (χ0v) is 12.2. The Morgan fingerprint density at radius 3 is 2.29 bits per heavy atom. The molecule has 0 amide bonds. The van der Waals surface area contributed by atoms with Gasteiger partial charge in [-0.05, 0) is 11.6 Å². The normalized spacial score (nSPS) is 12.7. The molecule has 9 heteroatoms. The lowest BCUT2D eigenvalue weighted by Gasteiger charge is -2.24. The van der Waals surface area contributed by atoms with Crippen LogP contribution in [0, 0.1) is 11.3 Å². The van der Waals surface area contributed by atoms with Crippen molar-refractivity contribution in [2.24, 2.45) is 0 Å². The molecular weight excluding hydrogens is 307 g/mol. The molecule has 1 aromatic carbocycles. The minimum absolute atomic E-state index is 0.203. The van der Waals surface area contributed by atoms with Crippen LogP contribution in [0.2, 0.25) is 0 Å². The number of rotatable bonds is 5. The molecular formula is C12H14F3N3O2S. The van der Waals surface area contributed by atoms with Gasteiger partial charge in [0.2, 0.25) is 0 Å². The second-order valence-corrected chi connectivity index (χ2v) is 6.51. The van der Waals surface area contributed by atoms with Crippen molar-refractivity contribution in [1.82, 2.24) is 8.61 Å². The van der Waals surface area contributed by atoms with Gasteiger partial charge < -0.3 is 0 Å². The molecule has 0 saturated carbocycles. The Bertz CT molecular complexity index is 636. The summed E-state index contributed by atoms with van der Waals surface area (Å²) in [5.41, 5.74) is -1.12. The van der Waals surface area contributed by atoms with Crippen LogP contribution in [-0.2, 0) is 22.9 Å². The summed E-state index contributed by atoms with van der Waals surface area (Å²) in [7, 11) is -1.49. The van der Waals surface area contributed by atoms with Crippen LogP contribution in [0.15, 0.2) is 24.3 Å². The highest BCUT2D eigenvalue weighted by Gasteiger charge is 2.34. The third-order valence-corrected chi connectivity index (χ3v) is 4.54. The Balaban J connectivity index is 3.22. The van der Waals surface area contributed by atoms with E-state index in [1.807, 2.05) is 0 Å². The maximum atomic E-state index is 12.9. The number of nitriles is 1. The molecule has 0 unspecified atom stereocenters. The molecule has 0 heterocycles. The number of hydrogen-bond donors (Lipinski definition) is 0. The van der Waals surface area contributed by atoms with E-state index in [4.69, 9.17) is 5.26 Å². The Labute approximate surface area is 121 Å². The van der Waals surface area contributed by atoms with Gasteiger partial charge in [0.05, 0.1) is 11.6 Å². The molecule has 1 aromatic rings. The van der Waals surface area contributed by atoms with Crippen molar-refractivity contribution < 1.29 is 21.6 Å². The van der Waals surface area contributed by atoms with E-state index in [0.29, 0.717) is 4.31 Å². The van der Waals surface area contributed by atoms with E-state index >= 15 is 0 Å². The van der Waals surface area contributed by atoms with Gasteiger partial charge in [0.15, 0.2) is 0 Å². The molecule has 1 rings (SSSR count). The van der Waals surface area contributed by atoms with Gasteiger partial charge in [0.25, 0.3) is 10.2 Å². The third-order valence-electron chi connectivity index (χ3n) is 2.70. The predicted octanol–water partition coefficient (Wildman–Crippen LogP) is 1.84. The van der Waals surface area contributed by atoms with Crippen molar-refractivity contribution in [2.75, 3.05) is 20.6 Å². The first kappa shape index (κ1) is 17.4. The Hall–Kier alpha value is -1.63. The van der Waals surface area contributed by atoms with E-state index in [-0.39, 0.29) is 5.56 Å². The van der Waals surface area contributed by atoms with Gasteiger partial charge in [-0.3, -0.25) is 0 Å². The molecule has 0 aliphatic heterocycles. The van der Waals surface area contributed by atoms with E-state index in [9.17, 15) is 21.6 Å². The zero-order chi connectivity index (χ0) is 16.3. The lowest BCUT2D eigenvalue weighted by molar-refractivity contribution is -0.138. The number of alkyl halides is 3. The second-order valence-electron chi connectivity index (χ2n) is 4.37. The molecule has 0 radical (unpaired) electrons. The molecule has 0 saturated heterocycles. The highest BCUT2D eigenvalue weighted by Crippen LogP contribution is 2.32. The van der Waals surface area contributed by atoms with Gasteiger partial charge in [-0.25, -0.2) is 0 Å². The number of benzene rings is 1. The number of halogens is 3. The topological polar surface area (TPSA) is 64.4 Å². The fourth-order valence-corrected chi connectivity index (χ4v) is 2.64. The highest BCUT2D eigenvalue weighted by atomic mass is 32.2. The van der Waals surface area contributed by atoms with Gasteiger partial charge in [0, 0.05) is 20.6 Å². The van der Waals surface area contributed by atoms with Crippen LogP contribution < -0.4 is 0 Å². The smallest absolute Gasteiger partial charge is 0.197 e. The van der Waals surface area contributed by atoms with Crippen LogP contribution in [0.4, 0.5) is 13.2 Å². The molecule has 0 aliphatic carbocycles. The minimum Gasteiger partial charge on any atom is -0.197 e. The summed E-state index contributed by atoms with van der Waals surface area (Å²) in [4.78, 5) is 0. The minimum atomic E-state index is -4.59. The van der Waals surface area contributed by atoms with Gasteiger partial charge >= 0.3 is 6.18 Å². The van der Waals surface area contributed by atoms with E-state index < -0.39 is 35.0 Å². The summed E-state index contributed by atoms with van der Waals surface area (Å²) in [6.45, 7) is -1.06. The van der Waals surface area contributed by atoms with Crippen LogP contribution in [-0.4, -0.2) is 37.7 Å². The molecule has 0 fully saturated rings. The number of nitrogens with zero attached hydrogens (tertiary/aromatic N) is 3. The molecule has 21 heavy (non-hydrogen) atoms.